The lowest BCUT2D eigenvalue weighted by molar-refractivity contribution is -0.139. The third-order valence-electron chi connectivity index (χ3n) is 4.62. The highest BCUT2D eigenvalue weighted by Gasteiger charge is 2.17. The van der Waals surface area contributed by atoms with Crippen molar-refractivity contribution >= 4 is 11.8 Å². The molecule has 1 unspecified atom stereocenters. The number of hydrogen-bond acceptors (Lipinski definition) is 5. The van der Waals surface area contributed by atoms with Gasteiger partial charge in [0.1, 0.15) is 0 Å². The molecule has 7 heteroatoms. The van der Waals surface area contributed by atoms with E-state index < -0.39 is 11.8 Å². The van der Waals surface area contributed by atoms with E-state index in [1.165, 1.54) is 0 Å². The van der Waals surface area contributed by atoms with Crippen LogP contribution < -0.4 is 20.1 Å². The summed E-state index contributed by atoms with van der Waals surface area (Å²) in [5, 5.41) is 14.5. The van der Waals surface area contributed by atoms with E-state index in [2.05, 4.69) is 10.6 Å². The molecule has 0 radical (unpaired) electrons. The predicted octanol–water partition coefficient (Wildman–Crippen LogP) is 1.70. The van der Waals surface area contributed by atoms with Gasteiger partial charge in [-0.1, -0.05) is 36.4 Å². The monoisotopic (exact) mass is 384 g/mol. The number of rotatable bonds is 8. The first kappa shape index (κ1) is 19.7. The Balaban J connectivity index is 1.43. The van der Waals surface area contributed by atoms with Crippen LogP contribution in [0.3, 0.4) is 0 Å². The minimum atomic E-state index is -0.684. The molecule has 3 N–H and O–H groups in total. The minimum absolute atomic E-state index is 0.0729. The second kappa shape index (κ2) is 9.75. The number of ether oxygens (including phenoxy) is 2. The van der Waals surface area contributed by atoms with Gasteiger partial charge >= 0.3 is 11.8 Å². The van der Waals surface area contributed by atoms with Crippen molar-refractivity contribution in [2.24, 2.45) is 0 Å². The van der Waals surface area contributed by atoms with Crippen LogP contribution in [0.4, 0.5) is 0 Å². The molecule has 2 aromatic rings. The molecule has 148 valence electrons. The first-order valence-corrected chi connectivity index (χ1v) is 9.27. The fourth-order valence-electron chi connectivity index (χ4n) is 3.11. The van der Waals surface area contributed by atoms with Gasteiger partial charge in [0.25, 0.3) is 0 Å². The van der Waals surface area contributed by atoms with Crippen LogP contribution in [0.1, 0.15) is 29.9 Å². The van der Waals surface area contributed by atoms with E-state index in [1.54, 1.807) is 12.1 Å². The highest BCUT2D eigenvalue weighted by atomic mass is 16.7. The van der Waals surface area contributed by atoms with Crippen LogP contribution in [0.2, 0.25) is 0 Å². The Morgan fingerprint density at radius 3 is 2.50 bits per heavy atom. The average Bonchev–Trinajstić information content (AvgIpc) is 3.19. The van der Waals surface area contributed by atoms with Gasteiger partial charge in [0.2, 0.25) is 6.79 Å². The molecule has 2 aromatic carbocycles. The topological polar surface area (TPSA) is 96.9 Å². The number of fused-ring (bicyclic) bond motifs is 1. The summed E-state index contributed by atoms with van der Waals surface area (Å²) in [7, 11) is 0. The normalized spacial score (nSPS) is 13.0. The molecule has 0 bridgehead atoms. The smallest absolute Gasteiger partial charge is 0.309 e. The highest BCUT2D eigenvalue weighted by Crippen LogP contribution is 2.32. The Morgan fingerprint density at radius 2 is 1.71 bits per heavy atom. The zero-order valence-corrected chi connectivity index (χ0v) is 15.5. The number of aliphatic hydroxyl groups is 1. The first-order chi connectivity index (χ1) is 13.7. The molecule has 1 heterocycles. The van der Waals surface area contributed by atoms with Crippen molar-refractivity contribution in [2.75, 3.05) is 19.9 Å². The van der Waals surface area contributed by atoms with E-state index in [9.17, 15) is 14.7 Å². The average molecular weight is 384 g/mol. The molecule has 0 saturated carbocycles. The van der Waals surface area contributed by atoms with E-state index in [1.807, 2.05) is 36.4 Å². The van der Waals surface area contributed by atoms with Gasteiger partial charge in [0.15, 0.2) is 11.5 Å². The van der Waals surface area contributed by atoms with E-state index in [0.717, 1.165) is 11.1 Å². The summed E-state index contributed by atoms with van der Waals surface area (Å²) in [6.45, 7) is 0.840. The molecule has 1 aliphatic rings. The molecule has 7 nitrogen and oxygen atoms in total. The number of aliphatic hydroxyl groups excluding tert-OH is 1. The summed E-state index contributed by atoms with van der Waals surface area (Å²) < 4.78 is 10.5. The zero-order chi connectivity index (χ0) is 19.8. The van der Waals surface area contributed by atoms with Gasteiger partial charge in [-0.15, -0.1) is 0 Å². The van der Waals surface area contributed by atoms with Crippen LogP contribution in [0, 0.1) is 0 Å². The number of benzene rings is 2. The second-order valence-electron chi connectivity index (χ2n) is 6.53. The van der Waals surface area contributed by atoms with Crippen LogP contribution in [0.5, 0.6) is 11.5 Å². The number of amides is 2. The van der Waals surface area contributed by atoms with E-state index in [-0.39, 0.29) is 25.9 Å². The van der Waals surface area contributed by atoms with Crippen LogP contribution in [0.15, 0.2) is 48.5 Å². The maximum Gasteiger partial charge on any atom is 0.309 e. The lowest BCUT2D eigenvalue weighted by Crippen LogP contribution is -2.40. The molecule has 2 amide bonds. The Morgan fingerprint density at radius 1 is 0.964 bits per heavy atom. The zero-order valence-electron chi connectivity index (χ0n) is 15.5. The van der Waals surface area contributed by atoms with Gasteiger partial charge in [-0.25, -0.2) is 0 Å². The van der Waals surface area contributed by atoms with Gasteiger partial charge in [-0.05, 0) is 42.0 Å². The fourth-order valence-corrected chi connectivity index (χ4v) is 3.11. The minimum Gasteiger partial charge on any atom is -0.454 e. The number of hydrogen-bond donors (Lipinski definition) is 3. The van der Waals surface area contributed by atoms with Crippen molar-refractivity contribution in [1.29, 1.82) is 0 Å². The Kier molecular flexibility index (Phi) is 6.86. The van der Waals surface area contributed by atoms with Crippen molar-refractivity contribution in [1.82, 2.24) is 10.6 Å². The molecule has 0 aromatic heterocycles. The van der Waals surface area contributed by atoms with Gasteiger partial charge in [0.05, 0.1) is 0 Å². The standard InChI is InChI=1S/C21H24N2O5/c24-11-9-17(16-4-2-1-3-5-16)8-10-22-20(25)21(26)23-13-15-6-7-18-19(12-15)28-14-27-18/h1-7,12,17,24H,8-11,13-14H2,(H,22,25)(H,23,26). The molecular weight excluding hydrogens is 360 g/mol. The lowest BCUT2D eigenvalue weighted by atomic mass is 9.93. The number of nitrogens with one attached hydrogen (secondary N) is 2. The quantitative estimate of drug-likeness (QED) is 0.602. The fraction of sp³-hybridized carbons (Fsp3) is 0.333. The van der Waals surface area contributed by atoms with Gasteiger partial charge in [-0.2, -0.15) is 0 Å². The maximum atomic E-state index is 12.0. The molecule has 1 aliphatic heterocycles. The van der Waals surface area contributed by atoms with Crippen LogP contribution in [-0.4, -0.2) is 36.9 Å². The summed E-state index contributed by atoms with van der Waals surface area (Å²) in [4.78, 5) is 24.0. The Labute approximate surface area is 163 Å². The summed E-state index contributed by atoms with van der Waals surface area (Å²) in [5.41, 5.74) is 1.93. The molecule has 0 fully saturated rings. The Bertz CT molecular complexity index is 810. The first-order valence-electron chi connectivity index (χ1n) is 9.27. The van der Waals surface area contributed by atoms with Crippen LogP contribution in [-0.2, 0) is 16.1 Å². The third-order valence-corrected chi connectivity index (χ3v) is 4.62. The largest absolute Gasteiger partial charge is 0.454 e. The predicted molar refractivity (Wildman–Crippen MR) is 103 cm³/mol. The van der Waals surface area contributed by atoms with Gasteiger partial charge in [-0.3, -0.25) is 9.59 Å². The van der Waals surface area contributed by atoms with Crippen LogP contribution in [0.25, 0.3) is 0 Å². The van der Waals surface area contributed by atoms with E-state index in [0.29, 0.717) is 30.9 Å². The summed E-state index contributed by atoms with van der Waals surface area (Å²) in [5.74, 6) is 0.0755. The molecule has 0 saturated heterocycles. The molecular formula is C21H24N2O5. The summed E-state index contributed by atoms with van der Waals surface area (Å²) in [6, 6.07) is 15.2. The van der Waals surface area contributed by atoms with Crippen molar-refractivity contribution in [2.45, 2.75) is 25.3 Å². The highest BCUT2D eigenvalue weighted by molar-refractivity contribution is 6.35. The summed E-state index contributed by atoms with van der Waals surface area (Å²) >= 11 is 0. The molecule has 0 spiro atoms. The molecule has 28 heavy (non-hydrogen) atoms. The van der Waals surface area contributed by atoms with Gasteiger partial charge in [0, 0.05) is 19.7 Å². The summed E-state index contributed by atoms with van der Waals surface area (Å²) in [6.07, 6.45) is 1.25. The number of carbonyl (C=O) groups excluding carboxylic acids is 2. The van der Waals surface area contributed by atoms with Crippen molar-refractivity contribution in [3.8, 4) is 11.5 Å². The van der Waals surface area contributed by atoms with Crippen molar-refractivity contribution in [3.05, 3.63) is 59.7 Å². The molecule has 1 atom stereocenters. The SMILES string of the molecule is O=C(NCCC(CCO)c1ccccc1)C(=O)NCc1ccc2c(c1)OCO2. The van der Waals surface area contributed by atoms with E-state index in [4.69, 9.17) is 9.47 Å². The molecule has 0 aliphatic carbocycles. The third kappa shape index (κ3) is 5.23. The number of carbonyl (C=O) groups is 2. The lowest BCUT2D eigenvalue weighted by Gasteiger charge is -2.16. The second-order valence-corrected chi connectivity index (χ2v) is 6.53. The van der Waals surface area contributed by atoms with Gasteiger partial charge < -0.3 is 25.2 Å². The van der Waals surface area contributed by atoms with Crippen molar-refractivity contribution < 1.29 is 24.2 Å². The van der Waals surface area contributed by atoms with Crippen molar-refractivity contribution in [3.63, 3.8) is 0 Å². The maximum absolute atomic E-state index is 12.0. The van der Waals surface area contributed by atoms with E-state index >= 15 is 0 Å². The van der Waals surface area contributed by atoms with Crippen LogP contribution >= 0.6 is 0 Å². The molecule has 3 rings (SSSR count). The Hall–Kier alpha value is -3.06.